The molecule has 1 N–H and O–H groups in total. The van der Waals surface area contributed by atoms with E-state index in [4.69, 9.17) is 4.74 Å². The lowest BCUT2D eigenvalue weighted by molar-refractivity contribution is -0.139. The summed E-state index contributed by atoms with van der Waals surface area (Å²) in [6.07, 6.45) is 0.0598. The van der Waals surface area contributed by atoms with E-state index in [1.165, 1.54) is 7.11 Å². The predicted molar refractivity (Wildman–Crippen MR) is 67.9 cm³/mol. The van der Waals surface area contributed by atoms with Crippen LogP contribution in [0.3, 0.4) is 0 Å². The van der Waals surface area contributed by atoms with Crippen molar-refractivity contribution in [2.75, 3.05) is 14.2 Å². The first-order valence-electron chi connectivity index (χ1n) is 5.51. The summed E-state index contributed by atoms with van der Waals surface area (Å²) in [5.41, 5.74) is 0.555. The number of carbonyl (C=O) groups is 1. The number of carbonyl (C=O) groups excluding carboxylic acids is 1. The third-order valence-corrected chi connectivity index (χ3v) is 2.84. The molecule has 0 aliphatic heterocycles. The molecule has 0 atom stereocenters. The summed E-state index contributed by atoms with van der Waals surface area (Å²) in [5.74, 6) is 0.460. The standard InChI is InChI=1S/C14H14O4/c1-17-11-5-6-12-9(7-11)3-4-10(14(12)16)8-13(15)18-2/h3-7,16H,8H2,1-2H3. The van der Waals surface area contributed by atoms with Crippen LogP contribution in [0.5, 0.6) is 11.5 Å². The number of aromatic hydroxyl groups is 1. The zero-order valence-corrected chi connectivity index (χ0v) is 10.3. The number of phenols is 1. The van der Waals surface area contributed by atoms with E-state index < -0.39 is 0 Å². The van der Waals surface area contributed by atoms with E-state index in [9.17, 15) is 9.90 Å². The van der Waals surface area contributed by atoms with Crippen molar-refractivity contribution < 1.29 is 19.4 Å². The SMILES string of the molecule is COC(=O)Cc1ccc2cc(OC)ccc2c1O. The number of rotatable bonds is 3. The van der Waals surface area contributed by atoms with E-state index in [0.29, 0.717) is 10.9 Å². The molecule has 0 radical (unpaired) electrons. The molecule has 0 fully saturated rings. The fourth-order valence-electron chi connectivity index (χ4n) is 1.83. The van der Waals surface area contributed by atoms with Crippen LogP contribution in [0.15, 0.2) is 30.3 Å². The zero-order valence-electron chi connectivity index (χ0n) is 10.3. The highest BCUT2D eigenvalue weighted by Gasteiger charge is 2.11. The van der Waals surface area contributed by atoms with Gasteiger partial charge in [-0.25, -0.2) is 0 Å². The van der Waals surface area contributed by atoms with Gasteiger partial charge in [0.05, 0.1) is 20.6 Å². The van der Waals surface area contributed by atoms with Gasteiger partial charge in [0, 0.05) is 10.9 Å². The van der Waals surface area contributed by atoms with Crippen molar-refractivity contribution in [3.63, 3.8) is 0 Å². The lowest BCUT2D eigenvalue weighted by Gasteiger charge is -2.08. The van der Waals surface area contributed by atoms with Crippen LogP contribution in [-0.2, 0) is 16.0 Å². The van der Waals surface area contributed by atoms with E-state index in [1.807, 2.05) is 12.1 Å². The number of methoxy groups -OCH3 is 2. The molecule has 0 aliphatic carbocycles. The summed E-state index contributed by atoms with van der Waals surface area (Å²) in [5, 5.41) is 11.7. The van der Waals surface area contributed by atoms with Crippen molar-refractivity contribution in [1.82, 2.24) is 0 Å². The van der Waals surface area contributed by atoms with Crippen LogP contribution in [0.2, 0.25) is 0 Å². The molecule has 0 unspecified atom stereocenters. The quantitative estimate of drug-likeness (QED) is 0.844. The minimum Gasteiger partial charge on any atom is -0.507 e. The lowest BCUT2D eigenvalue weighted by atomic mass is 10.0. The molecule has 2 aromatic carbocycles. The number of ether oxygens (including phenoxy) is 2. The number of hydrogen-bond acceptors (Lipinski definition) is 4. The molecule has 94 valence electrons. The maximum Gasteiger partial charge on any atom is 0.310 e. The Labute approximate surface area is 105 Å². The molecule has 4 nitrogen and oxygen atoms in total. The van der Waals surface area contributed by atoms with Crippen molar-refractivity contribution in [3.8, 4) is 11.5 Å². The average Bonchev–Trinajstić information content (AvgIpc) is 2.41. The van der Waals surface area contributed by atoms with Gasteiger partial charge in [-0.15, -0.1) is 0 Å². The Morgan fingerprint density at radius 3 is 2.67 bits per heavy atom. The van der Waals surface area contributed by atoms with Gasteiger partial charge in [-0.2, -0.15) is 0 Å². The summed E-state index contributed by atoms with van der Waals surface area (Å²) < 4.78 is 9.71. The Morgan fingerprint density at radius 1 is 1.22 bits per heavy atom. The third kappa shape index (κ3) is 2.22. The Balaban J connectivity index is 2.47. The maximum atomic E-state index is 11.2. The molecule has 0 heterocycles. The lowest BCUT2D eigenvalue weighted by Crippen LogP contribution is -2.04. The molecular weight excluding hydrogens is 232 g/mol. The van der Waals surface area contributed by atoms with Crippen LogP contribution in [0, 0.1) is 0 Å². The fraction of sp³-hybridized carbons (Fsp3) is 0.214. The Kier molecular flexibility index (Phi) is 3.37. The third-order valence-electron chi connectivity index (χ3n) is 2.84. The summed E-state index contributed by atoms with van der Waals surface area (Å²) in [6.45, 7) is 0. The van der Waals surface area contributed by atoms with Gasteiger partial charge >= 0.3 is 5.97 Å². The molecular formula is C14H14O4. The fourth-order valence-corrected chi connectivity index (χ4v) is 1.83. The van der Waals surface area contributed by atoms with Crippen molar-refractivity contribution in [2.45, 2.75) is 6.42 Å². The molecule has 0 saturated carbocycles. The monoisotopic (exact) mass is 246 g/mol. The highest BCUT2D eigenvalue weighted by Crippen LogP contribution is 2.31. The van der Waals surface area contributed by atoms with Gasteiger partial charge in [-0.3, -0.25) is 4.79 Å². The summed E-state index contributed by atoms with van der Waals surface area (Å²) >= 11 is 0. The van der Waals surface area contributed by atoms with Crippen LogP contribution in [0.1, 0.15) is 5.56 Å². The Morgan fingerprint density at radius 2 is 2.00 bits per heavy atom. The number of phenolic OH excluding ortho intramolecular Hbond substituents is 1. The largest absolute Gasteiger partial charge is 0.507 e. The minimum absolute atomic E-state index is 0.0598. The molecule has 2 aromatic rings. The van der Waals surface area contributed by atoms with Gasteiger partial charge in [-0.05, 0) is 23.6 Å². The number of benzene rings is 2. The molecule has 0 aromatic heterocycles. The average molecular weight is 246 g/mol. The number of hydrogen-bond donors (Lipinski definition) is 1. The van der Waals surface area contributed by atoms with Gasteiger partial charge in [-0.1, -0.05) is 12.1 Å². The Hall–Kier alpha value is -2.23. The van der Waals surface area contributed by atoms with Gasteiger partial charge in [0.2, 0.25) is 0 Å². The molecule has 0 amide bonds. The highest BCUT2D eigenvalue weighted by molar-refractivity contribution is 5.91. The van der Waals surface area contributed by atoms with E-state index in [1.54, 1.807) is 25.3 Å². The molecule has 0 aliphatic rings. The van der Waals surface area contributed by atoms with E-state index in [0.717, 1.165) is 11.1 Å². The first-order valence-corrected chi connectivity index (χ1v) is 5.51. The molecule has 2 rings (SSSR count). The Bertz CT molecular complexity index is 590. The summed E-state index contributed by atoms with van der Waals surface area (Å²) in [4.78, 5) is 11.2. The van der Waals surface area contributed by atoms with Crippen LogP contribution in [-0.4, -0.2) is 25.3 Å². The van der Waals surface area contributed by atoms with Gasteiger partial charge in [0.25, 0.3) is 0 Å². The summed E-state index contributed by atoms with van der Waals surface area (Å²) in [6, 6.07) is 8.93. The van der Waals surface area contributed by atoms with E-state index in [-0.39, 0.29) is 18.1 Å². The second-order valence-electron chi connectivity index (χ2n) is 3.91. The predicted octanol–water partition coefficient (Wildman–Crippen LogP) is 2.27. The van der Waals surface area contributed by atoms with Crippen LogP contribution < -0.4 is 4.74 Å². The van der Waals surface area contributed by atoms with Gasteiger partial charge in [0.15, 0.2) is 0 Å². The van der Waals surface area contributed by atoms with Crippen LogP contribution in [0.25, 0.3) is 10.8 Å². The van der Waals surface area contributed by atoms with E-state index >= 15 is 0 Å². The van der Waals surface area contributed by atoms with Crippen LogP contribution in [0.4, 0.5) is 0 Å². The molecule has 0 saturated heterocycles. The molecule has 0 bridgehead atoms. The number of esters is 1. The van der Waals surface area contributed by atoms with Crippen LogP contribution >= 0.6 is 0 Å². The zero-order chi connectivity index (χ0) is 13.1. The highest BCUT2D eigenvalue weighted by atomic mass is 16.5. The molecule has 18 heavy (non-hydrogen) atoms. The first kappa shape index (κ1) is 12.2. The van der Waals surface area contributed by atoms with Gasteiger partial charge < -0.3 is 14.6 Å². The second kappa shape index (κ2) is 4.96. The topological polar surface area (TPSA) is 55.8 Å². The van der Waals surface area contributed by atoms with Crippen molar-refractivity contribution in [3.05, 3.63) is 35.9 Å². The minimum atomic E-state index is -0.377. The van der Waals surface area contributed by atoms with Gasteiger partial charge in [0.1, 0.15) is 11.5 Å². The maximum absolute atomic E-state index is 11.2. The molecule has 4 heteroatoms. The molecule has 0 spiro atoms. The smallest absolute Gasteiger partial charge is 0.310 e. The summed E-state index contributed by atoms with van der Waals surface area (Å²) in [7, 11) is 2.91. The number of fused-ring (bicyclic) bond motifs is 1. The van der Waals surface area contributed by atoms with Crippen molar-refractivity contribution >= 4 is 16.7 Å². The second-order valence-corrected chi connectivity index (χ2v) is 3.91. The first-order chi connectivity index (χ1) is 8.65. The normalized spacial score (nSPS) is 10.3. The van der Waals surface area contributed by atoms with E-state index in [2.05, 4.69) is 4.74 Å². The van der Waals surface area contributed by atoms with Crippen molar-refractivity contribution in [1.29, 1.82) is 0 Å². The van der Waals surface area contributed by atoms with Crippen molar-refractivity contribution in [2.24, 2.45) is 0 Å².